The molecule has 3 rings (SSSR count). The number of nitrogens with one attached hydrogen (secondary N) is 1. The molecule has 22 heavy (non-hydrogen) atoms. The molecule has 1 heterocycles. The van der Waals surface area contributed by atoms with Crippen molar-refractivity contribution in [2.24, 2.45) is 0 Å². The van der Waals surface area contributed by atoms with Crippen LogP contribution in [0.3, 0.4) is 0 Å². The molecule has 2 amide bonds. The highest BCUT2D eigenvalue weighted by Gasteiger charge is 2.41. The lowest BCUT2D eigenvalue weighted by Crippen LogP contribution is -2.51. The Hall–Kier alpha value is -1.55. The summed E-state index contributed by atoms with van der Waals surface area (Å²) in [5.41, 5.74) is 2.00. The van der Waals surface area contributed by atoms with E-state index in [4.69, 9.17) is 11.6 Å². The van der Waals surface area contributed by atoms with Gasteiger partial charge in [0, 0.05) is 24.0 Å². The third kappa shape index (κ3) is 2.84. The number of rotatable bonds is 4. The van der Waals surface area contributed by atoms with Crippen LogP contribution in [0.1, 0.15) is 43.2 Å². The average Bonchev–Trinajstić information content (AvgIpc) is 2.81. The number of nitrogens with zero attached hydrogens (tertiary/aromatic N) is 1. The zero-order valence-corrected chi connectivity index (χ0v) is 13.5. The predicted molar refractivity (Wildman–Crippen MR) is 85.5 cm³/mol. The van der Waals surface area contributed by atoms with E-state index in [0.29, 0.717) is 24.4 Å². The summed E-state index contributed by atoms with van der Waals surface area (Å²) in [6.45, 7) is 2.40. The monoisotopic (exact) mass is 320 g/mol. The molecule has 1 atom stereocenters. The van der Waals surface area contributed by atoms with Crippen LogP contribution < -0.4 is 5.32 Å². The maximum atomic E-state index is 12.5. The second-order valence-corrected chi connectivity index (χ2v) is 6.59. The number of hydrogen-bond donors (Lipinski definition) is 1. The Morgan fingerprint density at radius 2 is 2.14 bits per heavy atom. The average molecular weight is 321 g/mol. The second kappa shape index (κ2) is 6.29. The van der Waals surface area contributed by atoms with Gasteiger partial charge in [-0.1, -0.05) is 23.7 Å². The van der Waals surface area contributed by atoms with Gasteiger partial charge in [0.05, 0.1) is 0 Å². The van der Waals surface area contributed by atoms with Crippen LogP contribution in [0.15, 0.2) is 18.2 Å². The highest BCUT2D eigenvalue weighted by atomic mass is 35.5. The molecule has 1 aromatic carbocycles. The Kier molecular flexibility index (Phi) is 4.39. The number of likely N-dealkylation sites (tertiary alicyclic amines) is 1. The van der Waals surface area contributed by atoms with E-state index < -0.39 is 0 Å². The minimum Gasteiger partial charge on any atom is -0.350 e. The summed E-state index contributed by atoms with van der Waals surface area (Å²) in [4.78, 5) is 26.3. The third-order valence-corrected chi connectivity index (χ3v) is 5.27. The maximum Gasteiger partial charge on any atom is 0.243 e. The van der Waals surface area contributed by atoms with Crippen LogP contribution in [0, 0.1) is 6.92 Å². The van der Waals surface area contributed by atoms with E-state index >= 15 is 0 Å². The zero-order valence-electron chi connectivity index (χ0n) is 12.8. The summed E-state index contributed by atoms with van der Waals surface area (Å²) in [7, 11) is 0. The Morgan fingerprint density at radius 1 is 1.36 bits per heavy atom. The molecule has 0 radical (unpaired) electrons. The van der Waals surface area contributed by atoms with Crippen LogP contribution in [-0.2, 0) is 16.1 Å². The molecule has 1 aliphatic heterocycles. The molecule has 1 aromatic rings. The van der Waals surface area contributed by atoms with Crippen molar-refractivity contribution in [2.45, 2.75) is 57.7 Å². The Bertz CT molecular complexity index is 598. The molecular weight excluding hydrogens is 300 g/mol. The van der Waals surface area contributed by atoms with Crippen LogP contribution in [0.5, 0.6) is 0 Å². The van der Waals surface area contributed by atoms with Gasteiger partial charge in [0.2, 0.25) is 11.8 Å². The SMILES string of the molecule is Cc1c(Cl)cccc1CNC(=O)[C@@H]1CCC(=O)N1C1CCC1. The van der Waals surface area contributed by atoms with Gasteiger partial charge in [-0.25, -0.2) is 0 Å². The summed E-state index contributed by atoms with van der Waals surface area (Å²) in [5.74, 6) is 0.0842. The van der Waals surface area contributed by atoms with E-state index in [-0.39, 0.29) is 23.9 Å². The highest BCUT2D eigenvalue weighted by molar-refractivity contribution is 6.31. The lowest BCUT2D eigenvalue weighted by molar-refractivity contribution is -0.139. The van der Waals surface area contributed by atoms with Crippen molar-refractivity contribution in [3.8, 4) is 0 Å². The summed E-state index contributed by atoms with van der Waals surface area (Å²) < 4.78 is 0. The Morgan fingerprint density at radius 3 is 2.82 bits per heavy atom. The maximum absolute atomic E-state index is 12.5. The molecule has 2 aliphatic rings. The van der Waals surface area contributed by atoms with Gasteiger partial charge in [0.15, 0.2) is 0 Å². The minimum atomic E-state index is -0.294. The van der Waals surface area contributed by atoms with Crippen LogP contribution in [0.2, 0.25) is 5.02 Å². The van der Waals surface area contributed by atoms with Crippen molar-refractivity contribution >= 4 is 23.4 Å². The molecule has 1 saturated heterocycles. The van der Waals surface area contributed by atoms with E-state index in [0.717, 1.165) is 30.4 Å². The van der Waals surface area contributed by atoms with Gasteiger partial charge < -0.3 is 10.2 Å². The smallest absolute Gasteiger partial charge is 0.243 e. The van der Waals surface area contributed by atoms with Gasteiger partial charge in [-0.2, -0.15) is 0 Å². The fourth-order valence-electron chi connectivity index (χ4n) is 3.23. The van der Waals surface area contributed by atoms with Crippen molar-refractivity contribution < 1.29 is 9.59 Å². The van der Waals surface area contributed by atoms with Gasteiger partial charge >= 0.3 is 0 Å². The van der Waals surface area contributed by atoms with Crippen molar-refractivity contribution in [1.82, 2.24) is 10.2 Å². The summed E-state index contributed by atoms with van der Waals surface area (Å²) >= 11 is 6.10. The van der Waals surface area contributed by atoms with Gasteiger partial charge in [0.25, 0.3) is 0 Å². The molecule has 1 aliphatic carbocycles. The van der Waals surface area contributed by atoms with Crippen LogP contribution in [0.4, 0.5) is 0 Å². The van der Waals surface area contributed by atoms with E-state index in [2.05, 4.69) is 5.32 Å². The van der Waals surface area contributed by atoms with Gasteiger partial charge in [-0.05, 0) is 49.8 Å². The van der Waals surface area contributed by atoms with E-state index in [1.165, 1.54) is 0 Å². The molecule has 0 spiro atoms. The fraction of sp³-hybridized carbons (Fsp3) is 0.529. The lowest BCUT2D eigenvalue weighted by atomic mass is 9.91. The first-order valence-corrected chi connectivity index (χ1v) is 8.28. The van der Waals surface area contributed by atoms with Crippen LogP contribution in [0.25, 0.3) is 0 Å². The quantitative estimate of drug-likeness (QED) is 0.927. The van der Waals surface area contributed by atoms with E-state index in [1.54, 1.807) is 0 Å². The van der Waals surface area contributed by atoms with Crippen molar-refractivity contribution in [2.75, 3.05) is 0 Å². The highest BCUT2D eigenvalue weighted by Crippen LogP contribution is 2.32. The first kappa shape index (κ1) is 15.3. The molecule has 1 saturated carbocycles. The Balaban J connectivity index is 1.64. The minimum absolute atomic E-state index is 0.0443. The number of hydrogen-bond acceptors (Lipinski definition) is 2. The van der Waals surface area contributed by atoms with Gasteiger partial charge in [-0.15, -0.1) is 0 Å². The summed E-state index contributed by atoms with van der Waals surface area (Å²) in [6, 6.07) is 5.67. The lowest BCUT2D eigenvalue weighted by Gasteiger charge is -2.38. The molecule has 4 nitrogen and oxygen atoms in total. The largest absolute Gasteiger partial charge is 0.350 e. The summed E-state index contributed by atoms with van der Waals surface area (Å²) in [5, 5.41) is 3.68. The summed E-state index contributed by atoms with van der Waals surface area (Å²) in [6.07, 6.45) is 4.34. The molecular formula is C17H21ClN2O2. The first-order chi connectivity index (χ1) is 10.6. The molecule has 0 bridgehead atoms. The third-order valence-electron chi connectivity index (χ3n) is 4.86. The molecule has 0 aromatic heterocycles. The van der Waals surface area contributed by atoms with Gasteiger partial charge in [-0.3, -0.25) is 9.59 Å². The number of benzene rings is 1. The topological polar surface area (TPSA) is 49.4 Å². The standard InChI is InChI=1S/C17H21ClN2O2/c1-11-12(4-2-7-14(11)18)10-19-17(22)15-8-9-16(21)20(15)13-5-3-6-13/h2,4,7,13,15H,3,5-6,8-10H2,1H3,(H,19,22)/t15-/m0/s1. The van der Waals surface area contributed by atoms with Crippen LogP contribution in [-0.4, -0.2) is 28.8 Å². The number of carbonyl (C=O) groups excluding carboxylic acids is 2. The number of amides is 2. The van der Waals surface area contributed by atoms with E-state index in [9.17, 15) is 9.59 Å². The molecule has 2 fully saturated rings. The predicted octanol–water partition coefficient (Wildman–Crippen LogP) is 2.81. The van der Waals surface area contributed by atoms with E-state index in [1.807, 2.05) is 30.0 Å². The molecule has 118 valence electrons. The fourth-order valence-corrected chi connectivity index (χ4v) is 3.42. The van der Waals surface area contributed by atoms with Crippen LogP contribution >= 0.6 is 11.6 Å². The second-order valence-electron chi connectivity index (χ2n) is 6.18. The number of halogens is 1. The molecule has 5 heteroatoms. The first-order valence-electron chi connectivity index (χ1n) is 7.91. The zero-order chi connectivity index (χ0) is 15.7. The van der Waals surface area contributed by atoms with Gasteiger partial charge in [0.1, 0.15) is 6.04 Å². The van der Waals surface area contributed by atoms with Crippen molar-refractivity contribution in [3.63, 3.8) is 0 Å². The van der Waals surface area contributed by atoms with Crippen molar-refractivity contribution in [3.05, 3.63) is 34.3 Å². The molecule has 0 unspecified atom stereocenters. The Labute approximate surface area is 135 Å². The van der Waals surface area contributed by atoms with Crippen molar-refractivity contribution in [1.29, 1.82) is 0 Å². The normalized spacial score (nSPS) is 21.8. The number of carbonyl (C=O) groups is 2. The molecule has 1 N–H and O–H groups in total.